The fourth-order valence-electron chi connectivity index (χ4n) is 4.07. The summed E-state index contributed by atoms with van der Waals surface area (Å²) < 4.78 is 33.0. The predicted molar refractivity (Wildman–Crippen MR) is 136 cm³/mol. The van der Waals surface area contributed by atoms with Crippen molar-refractivity contribution in [2.24, 2.45) is 0 Å². The Bertz CT molecular complexity index is 1380. The lowest BCUT2D eigenvalue weighted by atomic mass is 10.1. The van der Waals surface area contributed by atoms with Crippen molar-refractivity contribution in [3.63, 3.8) is 0 Å². The van der Waals surface area contributed by atoms with Crippen molar-refractivity contribution < 1.29 is 17.9 Å². The van der Waals surface area contributed by atoms with Crippen LogP contribution in [-0.4, -0.2) is 70.6 Å². The first-order valence-corrected chi connectivity index (χ1v) is 13.0. The van der Waals surface area contributed by atoms with Gasteiger partial charge in [0.15, 0.2) is 0 Å². The van der Waals surface area contributed by atoms with Gasteiger partial charge in [-0.05, 0) is 55.8 Å². The summed E-state index contributed by atoms with van der Waals surface area (Å²) in [5.41, 5.74) is 1.34. The maximum Gasteiger partial charge on any atom is 0.264 e. The van der Waals surface area contributed by atoms with E-state index in [4.69, 9.17) is 4.74 Å². The van der Waals surface area contributed by atoms with Crippen LogP contribution in [0.4, 0.5) is 5.69 Å². The molecule has 0 saturated carbocycles. The van der Waals surface area contributed by atoms with E-state index in [1.807, 2.05) is 13.0 Å². The Kier molecular flexibility index (Phi) is 7.54. The van der Waals surface area contributed by atoms with Crippen LogP contribution in [0.5, 0.6) is 0 Å². The molecule has 1 aromatic heterocycles. The number of hydrogen-bond donors (Lipinski definition) is 2. The van der Waals surface area contributed by atoms with Crippen molar-refractivity contribution in [1.82, 2.24) is 15.2 Å². The number of nitrogens with one attached hydrogen (secondary N) is 2. The summed E-state index contributed by atoms with van der Waals surface area (Å²) in [4.78, 5) is 31.0. The number of ether oxygens (including phenoxy) is 1. The van der Waals surface area contributed by atoms with Crippen LogP contribution >= 0.6 is 0 Å². The first-order chi connectivity index (χ1) is 16.8. The number of pyridine rings is 1. The van der Waals surface area contributed by atoms with Crippen LogP contribution in [0.2, 0.25) is 0 Å². The second-order valence-electron chi connectivity index (χ2n) is 8.61. The number of aromatic nitrogens is 1. The highest BCUT2D eigenvalue weighted by Gasteiger charge is 2.23. The molecule has 2 aromatic carbocycles. The normalized spacial score (nSPS) is 14.7. The van der Waals surface area contributed by atoms with Crippen molar-refractivity contribution in [2.45, 2.75) is 18.2 Å². The molecule has 186 valence electrons. The number of carbonyl (C=O) groups is 1. The number of hydrogen-bond acceptors (Lipinski definition) is 6. The van der Waals surface area contributed by atoms with Crippen molar-refractivity contribution in [2.75, 3.05) is 50.7 Å². The van der Waals surface area contributed by atoms with E-state index in [0.29, 0.717) is 17.7 Å². The third-order valence-corrected chi connectivity index (χ3v) is 7.94. The Morgan fingerprint density at radius 3 is 2.69 bits per heavy atom. The molecule has 0 spiro atoms. The van der Waals surface area contributed by atoms with Crippen molar-refractivity contribution >= 4 is 32.5 Å². The first-order valence-electron chi connectivity index (χ1n) is 11.6. The largest absolute Gasteiger partial charge is 0.379 e. The Morgan fingerprint density at radius 1 is 1.17 bits per heavy atom. The summed E-state index contributed by atoms with van der Waals surface area (Å²) in [5.74, 6) is -0.486. The van der Waals surface area contributed by atoms with E-state index in [-0.39, 0.29) is 15.8 Å². The SMILES string of the molecule is Cc1cccc(N(C)S(=O)(=O)c2ccc3[nH]cc(C(=O)NCCCN4CCOCC4)c(=O)c3c2)c1. The average molecular weight is 499 g/mol. The van der Waals surface area contributed by atoms with Gasteiger partial charge in [0.2, 0.25) is 5.43 Å². The van der Waals surface area contributed by atoms with Gasteiger partial charge in [0.25, 0.3) is 15.9 Å². The van der Waals surface area contributed by atoms with Gasteiger partial charge in [-0.15, -0.1) is 0 Å². The number of anilines is 1. The molecule has 0 unspecified atom stereocenters. The maximum absolute atomic E-state index is 13.2. The van der Waals surface area contributed by atoms with Crippen LogP contribution in [0.25, 0.3) is 10.9 Å². The number of benzene rings is 2. The van der Waals surface area contributed by atoms with Crippen LogP contribution in [0.1, 0.15) is 22.3 Å². The highest BCUT2D eigenvalue weighted by Crippen LogP contribution is 2.24. The molecule has 9 nitrogen and oxygen atoms in total. The van der Waals surface area contributed by atoms with Gasteiger partial charge in [-0.2, -0.15) is 0 Å². The van der Waals surface area contributed by atoms with Crippen LogP contribution in [-0.2, 0) is 14.8 Å². The van der Waals surface area contributed by atoms with Crippen LogP contribution in [0.15, 0.2) is 58.4 Å². The molecule has 0 atom stereocenters. The summed E-state index contributed by atoms with van der Waals surface area (Å²) in [7, 11) is -2.44. The van der Waals surface area contributed by atoms with E-state index >= 15 is 0 Å². The second-order valence-corrected chi connectivity index (χ2v) is 10.6. The molecule has 0 radical (unpaired) electrons. The van der Waals surface area contributed by atoms with Crippen molar-refractivity contribution in [1.29, 1.82) is 0 Å². The molecule has 35 heavy (non-hydrogen) atoms. The summed E-state index contributed by atoms with van der Waals surface area (Å²) >= 11 is 0. The quantitative estimate of drug-likeness (QED) is 0.460. The highest BCUT2D eigenvalue weighted by molar-refractivity contribution is 7.92. The molecule has 2 N–H and O–H groups in total. The highest BCUT2D eigenvalue weighted by atomic mass is 32.2. The van der Waals surface area contributed by atoms with E-state index in [2.05, 4.69) is 15.2 Å². The number of sulfonamides is 1. The lowest BCUT2D eigenvalue weighted by molar-refractivity contribution is 0.0374. The Labute approximate surface area is 204 Å². The molecule has 1 saturated heterocycles. The third kappa shape index (κ3) is 5.55. The molecule has 2 heterocycles. The summed E-state index contributed by atoms with van der Waals surface area (Å²) in [6.45, 7) is 6.35. The number of aromatic amines is 1. The fraction of sp³-hybridized carbons (Fsp3) is 0.360. The molecule has 0 bridgehead atoms. The standard InChI is InChI=1S/C25H30N4O5S/c1-18-5-3-6-19(15-18)28(2)35(32,33)20-7-8-23-21(16-20)24(30)22(17-27-23)25(31)26-9-4-10-29-11-13-34-14-12-29/h3,5-8,15-17H,4,9-14H2,1-2H3,(H,26,31)(H,27,30). The van der Waals surface area contributed by atoms with Gasteiger partial charge >= 0.3 is 0 Å². The van der Waals surface area contributed by atoms with E-state index in [1.54, 1.807) is 18.2 Å². The van der Waals surface area contributed by atoms with Gasteiger partial charge in [0.05, 0.1) is 23.8 Å². The van der Waals surface area contributed by atoms with E-state index < -0.39 is 21.4 Å². The summed E-state index contributed by atoms with van der Waals surface area (Å²) in [6, 6.07) is 11.5. The van der Waals surface area contributed by atoms with E-state index in [9.17, 15) is 18.0 Å². The number of nitrogens with zero attached hydrogens (tertiary/aromatic N) is 2. The van der Waals surface area contributed by atoms with Crippen LogP contribution in [0.3, 0.4) is 0 Å². The monoisotopic (exact) mass is 498 g/mol. The van der Waals surface area contributed by atoms with Gasteiger partial charge in [0, 0.05) is 43.8 Å². The molecule has 3 aromatic rings. The van der Waals surface area contributed by atoms with Crippen molar-refractivity contribution in [3.05, 3.63) is 70.0 Å². The van der Waals surface area contributed by atoms with Gasteiger partial charge in [-0.1, -0.05) is 12.1 Å². The van der Waals surface area contributed by atoms with Gasteiger partial charge in [-0.25, -0.2) is 8.42 Å². The average Bonchev–Trinajstić information content (AvgIpc) is 2.86. The molecular weight excluding hydrogens is 468 g/mol. The fourth-order valence-corrected chi connectivity index (χ4v) is 5.29. The minimum atomic E-state index is -3.91. The summed E-state index contributed by atoms with van der Waals surface area (Å²) in [6.07, 6.45) is 2.12. The lowest BCUT2D eigenvalue weighted by Gasteiger charge is -2.26. The molecular formula is C25H30N4O5S. The smallest absolute Gasteiger partial charge is 0.264 e. The number of carbonyl (C=O) groups excluding carboxylic acids is 1. The molecule has 1 aliphatic rings. The Hall–Kier alpha value is -3.21. The zero-order chi connectivity index (χ0) is 25.0. The first kappa shape index (κ1) is 24.9. The molecule has 1 aliphatic heterocycles. The number of fused-ring (bicyclic) bond motifs is 1. The number of H-pyrrole nitrogens is 1. The van der Waals surface area contributed by atoms with Gasteiger partial charge in [-0.3, -0.25) is 18.8 Å². The minimum absolute atomic E-state index is 0.0254. The minimum Gasteiger partial charge on any atom is -0.379 e. The number of rotatable bonds is 8. The van der Waals surface area contributed by atoms with Gasteiger partial charge in [0.1, 0.15) is 5.56 Å². The lowest BCUT2D eigenvalue weighted by Crippen LogP contribution is -2.38. The zero-order valence-corrected chi connectivity index (χ0v) is 20.7. The number of amides is 1. The third-order valence-electron chi connectivity index (χ3n) is 6.16. The molecule has 0 aliphatic carbocycles. The molecule has 4 rings (SSSR count). The maximum atomic E-state index is 13.2. The number of morpholine rings is 1. The molecule has 10 heteroatoms. The predicted octanol–water partition coefficient (Wildman–Crippen LogP) is 2.11. The van der Waals surface area contributed by atoms with Crippen LogP contribution < -0.4 is 15.1 Å². The Morgan fingerprint density at radius 2 is 1.94 bits per heavy atom. The van der Waals surface area contributed by atoms with Crippen LogP contribution in [0, 0.1) is 6.92 Å². The van der Waals surface area contributed by atoms with E-state index in [0.717, 1.165) is 44.8 Å². The topological polar surface area (TPSA) is 112 Å². The second kappa shape index (κ2) is 10.6. The van der Waals surface area contributed by atoms with E-state index in [1.165, 1.54) is 35.7 Å². The summed E-state index contributed by atoms with van der Waals surface area (Å²) in [5, 5.41) is 2.93. The zero-order valence-electron chi connectivity index (χ0n) is 19.9. The van der Waals surface area contributed by atoms with Crippen molar-refractivity contribution in [3.8, 4) is 0 Å². The Balaban J connectivity index is 1.52. The molecule has 1 amide bonds. The number of aryl methyl sites for hydroxylation is 1. The molecule has 1 fully saturated rings. The van der Waals surface area contributed by atoms with Gasteiger partial charge < -0.3 is 15.0 Å².